The number of ketones is 4. The number of phenols is 6. The summed E-state index contributed by atoms with van der Waals surface area (Å²) in [6.45, 7) is -2.11. The zero-order valence-corrected chi connectivity index (χ0v) is 35.5. The molecule has 1 radical (unpaired) electrons. The highest BCUT2D eigenvalue weighted by molar-refractivity contribution is 6.34. The summed E-state index contributed by atoms with van der Waals surface area (Å²) in [5.74, 6) is -19.0. The first-order valence-electron chi connectivity index (χ1n) is 19.9. The van der Waals surface area contributed by atoms with Gasteiger partial charge in [-0.05, 0) is 24.3 Å². The number of carboxylic acid groups (broad SMARTS) is 2. The van der Waals surface area contributed by atoms with Crippen molar-refractivity contribution in [2.24, 2.45) is 0 Å². The van der Waals surface area contributed by atoms with Crippen molar-refractivity contribution < 1.29 is 128 Å². The third kappa shape index (κ3) is 7.27. The molecule has 2 heterocycles. The Bertz CT molecular complexity index is 2750. The minimum atomic E-state index is -2.60. The summed E-state index contributed by atoms with van der Waals surface area (Å²) in [5, 5.41) is 171. The molecule has 2 aliphatic carbocycles. The standard InChI is InChI=1S/2C21H18O13.Al/c2*22-3-8-14(26)18(30)19(31)20(34-8)11-15(27)9-10(16(28)17(11)29)13(25)5-2-7(23)6(21(32)33)1-4(5)12(9)24;/h2*1-2,8,14,18-20,22-23,26-31H,3H2,(H,32,33);/q;;+2/p-2/t2*8-,14-,18+,19-,20?;/m11./s1. The normalized spacial score (nSPS) is 26.1. The van der Waals surface area contributed by atoms with Gasteiger partial charge in [-0.3, -0.25) is 19.2 Å². The molecular formula is C42H34AlO26. The van der Waals surface area contributed by atoms with Crippen molar-refractivity contribution in [2.75, 3.05) is 13.2 Å². The first-order chi connectivity index (χ1) is 32.5. The van der Waals surface area contributed by atoms with Crippen molar-refractivity contribution in [3.05, 3.63) is 91.0 Å². The average Bonchev–Trinajstić information content (AvgIpc) is 3.30. The van der Waals surface area contributed by atoms with Crippen LogP contribution in [0, 0.1) is 0 Å². The van der Waals surface area contributed by atoms with Gasteiger partial charge in [0.1, 0.15) is 107 Å². The molecule has 4 aliphatic rings. The van der Waals surface area contributed by atoms with E-state index in [1.165, 1.54) is 0 Å². The van der Waals surface area contributed by atoms with Gasteiger partial charge in [-0.1, -0.05) is 0 Å². The van der Waals surface area contributed by atoms with Crippen LogP contribution in [0.3, 0.4) is 0 Å². The van der Waals surface area contributed by atoms with E-state index in [0.717, 1.165) is 0 Å². The Kier molecular flexibility index (Phi) is 12.3. The van der Waals surface area contributed by atoms with E-state index in [2.05, 4.69) is 0 Å². The third-order valence-electron chi connectivity index (χ3n) is 12.2. The zero-order chi connectivity index (χ0) is 50.6. The molecule has 26 nitrogen and oxygen atoms in total. The highest BCUT2D eigenvalue weighted by Gasteiger charge is 2.51. The summed E-state index contributed by atoms with van der Waals surface area (Å²) in [7, 11) is 0. The maximum absolute atomic E-state index is 14.3. The molecule has 2 unspecified atom stereocenters. The van der Waals surface area contributed by atoms with E-state index in [4.69, 9.17) is 17.1 Å². The number of hydrogen-bond acceptors (Lipinski definition) is 24. The van der Waals surface area contributed by atoms with Crippen LogP contribution in [0.1, 0.15) is 108 Å². The summed E-state index contributed by atoms with van der Waals surface area (Å²) < 4.78 is 22.5. The van der Waals surface area contributed by atoms with E-state index < -0.39 is 238 Å². The summed E-state index contributed by atoms with van der Waals surface area (Å²) >= 11 is -2.60. The SMILES string of the molecule is O=C(O)c1cc2c(cc1O)C(=O)c1c([O][Al][O]c3c(O)c(C4O[C@H](CO)[C@@H](O)[C@H](O)[C@H]4O)c(O)c4c3C(=O)c3cc(O)c(C(=O)O)cc3C4=O)c(O)c(C3O[C@H](CO)[C@@H](O)[C@H](O)[C@H]3O)c(O)c1C2=O. The van der Waals surface area contributed by atoms with Crippen LogP contribution in [0.25, 0.3) is 0 Å². The van der Waals surface area contributed by atoms with Crippen LogP contribution in [-0.4, -0.2) is 195 Å². The zero-order valence-electron chi connectivity index (χ0n) is 34.3. The lowest BCUT2D eigenvalue weighted by Crippen LogP contribution is -2.55. The molecule has 0 spiro atoms. The van der Waals surface area contributed by atoms with Crippen LogP contribution >= 0.6 is 0 Å². The van der Waals surface area contributed by atoms with E-state index in [-0.39, 0.29) is 0 Å². The van der Waals surface area contributed by atoms with Gasteiger partial charge in [0.15, 0.2) is 34.6 Å². The molecule has 2 saturated heterocycles. The molecule has 10 atom stereocenters. The molecule has 8 rings (SSSR count). The van der Waals surface area contributed by atoms with Gasteiger partial charge in [-0.2, -0.15) is 0 Å². The largest absolute Gasteiger partial charge is 0.882 e. The highest BCUT2D eigenvalue weighted by atomic mass is 27.2. The van der Waals surface area contributed by atoms with Crippen molar-refractivity contribution in [1.29, 1.82) is 0 Å². The lowest BCUT2D eigenvalue weighted by Gasteiger charge is -2.41. The molecular weight excluding hydrogens is 947 g/mol. The number of hydrogen-bond donors (Lipinski definition) is 16. The molecule has 4 aromatic carbocycles. The van der Waals surface area contributed by atoms with Crippen LogP contribution in [0.5, 0.6) is 46.0 Å². The summed E-state index contributed by atoms with van der Waals surface area (Å²) in [4.78, 5) is 80.8. The second-order valence-electron chi connectivity index (χ2n) is 16.0. The summed E-state index contributed by atoms with van der Waals surface area (Å²) in [5.41, 5.74) is -11.2. The average molecular weight is 982 g/mol. The quantitative estimate of drug-likeness (QED) is 0.0604. The second kappa shape index (κ2) is 17.5. The Morgan fingerprint density at radius 3 is 1.12 bits per heavy atom. The number of carbonyl (C=O) groups is 6. The molecule has 0 aromatic heterocycles. The number of carboxylic acids is 2. The number of rotatable bonds is 10. The van der Waals surface area contributed by atoms with Gasteiger partial charge >= 0.3 is 27.8 Å². The van der Waals surface area contributed by atoms with Gasteiger partial charge in [-0.15, -0.1) is 0 Å². The number of aliphatic hydroxyl groups excluding tert-OH is 8. The first kappa shape index (κ1) is 48.5. The first-order valence-corrected chi connectivity index (χ1v) is 20.8. The number of aliphatic hydroxyl groups is 8. The van der Waals surface area contributed by atoms with E-state index in [1.807, 2.05) is 0 Å². The fourth-order valence-electron chi connectivity index (χ4n) is 8.69. The van der Waals surface area contributed by atoms with Gasteiger partial charge in [0.2, 0.25) is 0 Å². The lowest BCUT2D eigenvalue weighted by molar-refractivity contribution is -0.232. The minimum absolute atomic E-state index is 0.563. The van der Waals surface area contributed by atoms with E-state index >= 15 is 0 Å². The summed E-state index contributed by atoms with van der Waals surface area (Å²) in [6.07, 6.45) is -20.9. The predicted octanol–water partition coefficient (Wildman–Crippen LogP) is -3.11. The van der Waals surface area contributed by atoms with Gasteiger partial charge in [0.05, 0.1) is 46.6 Å². The maximum Gasteiger partial charge on any atom is 0.882 e. The van der Waals surface area contributed by atoms with Crippen LogP contribution in [0.2, 0.25) is 0 Å². The smallest absolute Gasteiger partial charge is 0.613 e. The van der Waals surface area contributed by atoms with Crippen LogP contribution in [0.4, 0.5) is 0 Å². The van der Waals surface area contributed by atoms with E-state index in [1.54, 1.807) is 0 Å². The Morgan fingerprint density at radius 1 is 0.478 bits per heavy atom. The number of benzene rings is 4. The van der Waals surface area contributed by atoms with Gasteiger partial charge < -0.3 is 98.8 Å². The van der Waals surface area contributed by atoms with Crippen molar-refractivity contribution >= 4 is 51.0 Å². The Morgan fingerprint density at radius 2 is 0.797 bits per heavy atom. The molecule has 4 aromatic rings. The monoisotopic (exact) mass is 981 g/mol. The molecule has 16 N–H and O–H groups in total. The van der Waals surface area contributed by atoms with Gasteiger partial charge in [-0.25, -0.2) is 9.59 Å². The second-order valence-corrected chi connectivity index (χ2v) is 16.6. The molecule has 2 aliphatic heterocycles. The molecule has 2 fully saturated rings. The Labute approximate surface area is 388 Å². The molecule has 0 saturated carbocycles. The number of aromatic hydroxyl groups is 6. The Hall–Kier alpha value is -6.97. The lowest BCUT2D eigenvalue weighted by atomic mass is 9.79. The topological polar surface area (TPSA) is 463 Å². The third-order valence-corrected chi connectivity index (χ3v) is 12.8. The van der Waals surface area contributed by atoms with Crippen LogP contribution < -0.4 is 7.58 Å². The van der Waals surface area contributed by atoms with Crippen molar-refractivity contribution in [1.82, 2.24) is 0 Å². The molecule has 69 heavy (non-hydrogen) atoms. The number of carbonyl (C=O) groups excluding carboxylic acids is 4. The number of fused-ring (bicyclic) bond motifs is 4. The fourth-order valence-corrected chi connectivity index (χ4v) is 9.39. The molecule has 0 amide bonds. The number of ether oxygens (including phenoxy) is 2. The van der Waals surface area contributed by atoms with Crippen LogP contribution in [0.15, 0.2) is 24.3 Å². The van der Waals surface area contributed by atoms with Gasteiger partial charge in [0, 0.05) is 22.3 Å². The summed E-state index contributed by atoms with van der Waals surface area (Å²) in [6, 6.07) is 2.28. The fraction of sp³-hybridized carbons (Fsp3) is 0.286. The maximum atomic E-state index is 14.3. The molecule has 361 valence electrons. The number of phenolic OH excluding ortho intramolecular Hbond substituents is 4. The minimum Gasteiger partial charge on any atom is -0.613 e. The van der Waals surface area contributed by atoms with Gasteiger partial charge in [0.25, 0.3) is 0 Å². The van der Waals surface area contributed by atoms with E-state index in [9.17, 15) is 110 Å². The number of aromatic carboxylic acids is 2. The predicted molar refractivity (Wildman–Crippen MR) is 216 cm³/mol. The molecule has 0 bridgehead atoms. The Balaban J connectivity index is 1.31. The molecule has 27 heteroatoms. The van der Waals surface area contributed by atoms with Crippen molar-refractivity contribution in [3.63, 3.8) is 0 Å². The van der Waals surface area contributed by atoms with Crippen molar-refractivity contribution in [2.45, 2.75) is 61.0 Å². The highest BCUT2D eigenvalue weighted by Crippen LogP contribution is 2.54. The van der Waals surface area contributed by atoms with E-state index in [0.29, 0.717) is 24.3 Å². The van der Waals surface area contributed by atoms with Crippen LogP contribution in [-0.2, 0) is 9.47 Å². The van der Waals surface area contributed by atoms with Crippen molar-refractivity contribution in [3.8, 4) is 46.0 Å².